The molecule has 72 valence electrons. The average molecular weight is 183 g/mol. The molecule has 0 aromatic carbocycles. The van der Waals surface area contributed by atoms with Crippen molar-refractivity contribution in [2.24, 2.45) is 0 Å². The number of H-pyrrole nitrogens is 1. The number of aromatic amines is 1. The van der Waals surface area contributed by atoms with E-state index in [0.717, 1.165) is 12.8 Å². The predicted molar refractivity (Wildman–Crippen MR) is 48.4 cm³/mol. The van der Waals surface area contributed by atoms with E-state index in [4.69, 9.17) is 0 Å². The first kappa shape index (κ1) is 8.75. The van der Waals surface area contributed by atoms with Crippen LogP contribution < -0.4 is 0 Å². The highest BCUT2D eigenvalue weighted by Crippen LogP contribution is 2.24. The molecule has 0 amide bonds. The number of halogens is 1. The molecule has 1 heterocycles. The zero-order valence-corrected chi connectivity index (χ0v) is 7.52. The Morgan fingerprint density at radius 3 is 2.92 bits per heavy atom. The van der Waals surface area contributed by atoms with E-state index in [1.807, 2.05) is 6.07 Å². The Bertz CT molecular complexity index is 272. The Morgan fingerprint density at radius 1 is 1.46 bits per heavy atom. The molecule has 2 rings (SSSR count). The van der Waals surface area contributed by atoms with Gasteiger partial charge in [0.05, 0.1) is 0 Å². The van der Waals surface area contributed by atoms with E-state index in [0.29, 0.717) is 5.69 Å². The van der Waals surface area contributed by atoms with Gasteiger partial charge in [-0.1, -0.05) is 0 Å². The van der Waals surface area contributed by atoms with Crippen molar-refractivity contribution in [2.45, 2.75) is 31.8 Å². The lowest BCUT2D eigenvalue weighted by Gasteiger charge is -2.09. The predicted octanol–water partition coefficient (Wildman–Crippen LogP) is 1.90. The van der Waals surface area contributed by atoms with Crippen LogP contribution in [0.5, 0.6) is 0 Å². The van der Waals surface area contributed by atoms with Gasteiger partial charge in [0.15, 0.2) is 0 Å². The highest BCUT2D eigenvalue weighted by Gasteiger charge is 2.16. The van der Waals surface area contributed by atoms with Gasteiger partial charge in [0.2, 0.25) is 0 Å². The number of aliphatic hydroxyl groups is 1. The molecule has 3 heteroatoms. The summed E-state index contributed by atoms with van der Waals surface area (Å²) < 4.78 is 12.2. The van der Waals surface area contributed by atoms with Crippen LogP contribution in [0.1, 0.15) is 35.9 Å². The molecule has 0 aliphatic heterocycles. The lowest BCUT2D eigenvalue weighted by atomic mass is 9.98. The zero-order chi connectivity index (χ0) is 9.26. The molecule has 1 aliphatic rings. The smallest absolute Gasteiger partial charge is 0.122 e. The van der Waals surface area contributed by atoms with Crippen LogP contribution in [-0.4, -0.2) is 16.8 Å². The van der Waals surface area contributed by atoms with Crippen molar-refractivity contribution in [3.63, 3.8) is 0 Å². The molecule has 1 aliphatic carbocycles. The third-order valence-corrected chi connectivity index (χ3v) is 2.64. The molecule has 1 aromatic rings. The van der Waals surface area contributed by atoms with Crippen LogP contribution in [-0.2, 0) is 12.8 Å². The minimum Gasteiger partial charge on any atom is -0.384 e. The van der Waals surface area contributed by atoms with Crippen molar-refractivity contribution in [2.75, 3.05) is 6.67 Å². The van der Waals surface area contributed by atoms with Crippen molar-refractivity contribution in [3.05, 3.63) is 23.0 Å². The lowest BCUT2D eigenvalue weighted by molar-refractivity contribution is 0.138. The summed E-state index contributed by atoms with van der Waals surface area (Å²) in [6.07, 6.45) is 3.53. The molecule has 1 aromatic heterocycles. The van der Waals surface area contributed by atoms with Crippen LogP contribution in [0, 0.1) is 0 Å². The van der Waals surface area contributed by atoms with Gasteiger partial charge in [-0.15, -0.1) is 0 Å². The number of fused-ring (bicyclic) bond motifs is 1. The Balaban J connectivity index is 2.25. The number of hydrogen-bond donors (Lipinski definition) is 2. The summed E-state index contributed by atoms with van der Waals surface area (Å²) in [7, 11) is 0. The molecule has 13 heavy (non-hydrogen) atoms. The Hall–Kier alpha value is -0.830. The lowest BCUT2D eigenvalue weighted by Crippen LogP contribution is -2.01. The molecular weight excluding hydrogens is 169 g/mol. The van der Waals surface area contributed by atoms with Crippen molar-refractivity contribution < 1.29 is 9.50 Å². The number of nitrogens with one attached hydrogen (secondary N) is 1. The van der Waals surface area contributed by atoms with Gasteiger partial charge in [-0.05, 0) is 37.3 Å². The molecule has 2 nitrogen and oxygen atoms in total. The third-order valence-electron chi connectivity index (χ3n) is 2.64. The monoisotopic (exact) mass is 183 g/mol. The van der Waals surface area contributed by atoms with Gasteiger partial charge in [-0.3, -0.25) is 0 Å². The second-order valence-electron chi connectivity index (χ2n) is 3.61. The molecule has 1 unspecified atom stereocenters. The minimum absolute atomic E-state index is 0.634. The fraction of sp³-hybridized carbons (Fsp3) is 0.600. The van der Waals surface area contributed by atoms with Gasteiger partial charge in [0.1, 0.15) is 12.8 Å². The molecule has 0 radical (unpaired) electrons. The van der Waals surface area contributed by atoms with E-state index < -0.39 is 12.8 Å². The van der Waals surface area contributed by atoms with Gasteiger partial charge in [0.25, 0.3) is 0 Å². The SMILES string of the molecule is OC(CF)c1cc2c([nH]1)CCCC2. The van der Waals surface area contributed by atoms with Gasteiger partial charge in [0, 0.05) is 11.4 Å². The van der Waals surface area contributed by atoms with Gasteiger partial charge < -0.3 is 10.1 Å². The first-order chi connectivity index (χ1) is 6.31. The maximum Gasteiger partial charge on any atom is 0.122 e. The molecule has 0 fully saturated rings. The summed E-state index contributed by atoms with van der Waals surface area (Å²) in [5.41, 5.74) is 3.08. The number of hydrogen-bond acceptors (Lipinski definition) is 1. The molecule has 0 spiro atoms. The van der Waals surface area contributed by atoms with E-state index in [9.17, 15) is 9.50 Å². The number of aliphatic hydroxyl groups excluding tert-OH is 1. The van der Waals surface area contributed by atoms with E-state index in [2.05, 4.69) is 4.98 Å². The molecule has 0 bridgehead atoms. The second kappa shape index (κ2) is 3.50. The fourth-order valence-electron chi connectivity index (χ4n) is 1.89. The van der Waals surface area contributed by atoms with Gasteiger partial charge in [-0.25, -0.2) is 4.39 Å². The average Bonchev–Trinajstić information content (AvgIpc) is 2.59. The largest absolute Gasteiger partial charge is 0.384 e. The van der Waals surface area contributed by atoms with E-state index in [-0.39, 0.29) is 0 Å². The molecule has 2 N–H and O–H groups in total. The molecule has 0 saturated carbocycles. The topological polar surface area (TPSA) is 36.0 Å². The number of rotatable bonds is 2. The quantitative estimate of drug-likeness (QED) is 0.721. The second-order valence-corrected chi connectivity index (χ2v) is 3.61. The van der Waals surface area contributed by atoms with Crippen LogP contribution in [0.2, 0.25) is 0 Å². The Kier molecular flexibility index (Phi) is 2.36. The number of aryl methyl sites for hydroxylation is 2. The summed E-state index contributed by atoms with van der Waals surface area (Å²) in [6.45, 7) is -0.709. The zero-order valence-electron chi connectivity index (χ0n) is 7.52. The number of aromatic nitrogens is 1. The highest BCUT2D eigenvalue weighted by atomic mass is 19.1. The van der Waals surface area contributed by atoms with Crippen molar-refractivity contribution in [3.8, 4) is 0 Å². The first-order valence-corrected chi connectivity index (χ1v) is 4.76. The van der Waals surface area contributed by atoms with Crippen LogP contribution >= 0.6 is 0 Å². The van der Waals surface area contributed by atoms with E-state index in [1.54, 1.807) is 0 Å². The summed E-state index contributed by atoms with van der Waals surface area (Å²) >= 11 is 0. The van der Waals surface area contributed by atoms with Crippen molar-refractivity contribution in [1.82, 2.24) is 4.98 Å². The fourth-order valence-corrected chi connectivity index (χ4v) is 1.89. The van der Waals surface area contributed by atoms with Crippen LogP contribution in [0.25, 0.3) is 0 Å². The highest BCUT2D eigenvalue weighted by molar-refractivity contribution is 5.29. The summed E-state index contributed by atoms with van der Waals surface area (Å²) in [6, 6.07) is 1.90. The van der Waals surface area contributed by atoms with E-state index in [1.165, 1.54) is 24.1 Å². The summed E-state index contributed by atoms with van der Waals surface area (Å²) in [5.74, 6) is 0. The van der Waals surface area contributed by atoms with Crippen LogP contribution in [0.4, 0.5) is 4.39 Å². The molecule has 0 saturated heterocycles. The van der Waals surface area contributed by atoms with Crippen LogP contribution in [0.3, 0.4) is 0 Å². The third kappa shape index (κ3) is 1.61. The molecule has 1 atom stereocenters. The summed E-state index contributed by atoms with van der Waals surface area (Å²) in [5, 5.41) is 9.27. The van der Waals surface area contributed by atoms with Gasteiger partial charge >= 0.3 is 0 Å². The van der Waals surface area contributed by atoms with Crippen molar-refractivity contribution >= 4 is 0 Å². The first-order valence-electron chi connectivity index (χ1n) is 4.76. The minimum atomic E-state index is -0.967. The number of alkyl halides is 1. The van der Waals surface area contributed by atoms with E-state index >= 15 is 0 Å². The normalized spacial score (nSPS) is 18.3. The summed E-state index contributed by atoms with van der Waals surface area (Å²) in [4.78, 5) is 3.09. The Labute approximate surface area is 76.8 Å². The maximum atomic E-state index is 12.2. The maximum absolute atomic E-state index is 12.2. The van der Waals surface area contributed by atoms with Crippen molar-refractivity contribution in [1.29, 1.82) is 0 Å². The standard InChI is InChI=1S/C10H14FNO/c11-6-10(13)9-5-7-3-1-2-4-8(7)12-9/h5,10,12-13H,1-4,6H2. The van der Waals surface area contributed by atoms with Crippen LogP contribution in [0.15, 0.2) is 6.07 Å². The van der Waals surface area contributed by atoms with Gasteiger partial charge in [-0.2, -0.15) is 0 Å². The molecular formula is C10H14FNO. The Morgan fingerprint density at radius 2 is 2.23 bits per heavy atom.